The molecule has 4 rings (SSSR count). The maximum Gasteiger partial charge on any atom is 0.336 e. The summed E-state index contributed by atoms with van der Waals surface area (Å²) in [5.41, 5.74) is 1.24. The number of aromatic hydroxyl groups is 1. The number of hydrogen-bond donors (Lipinski definition) is 1. The van der Waals surface area contributed by atoms with Crippen LogP contribution >= 0.6 is 39.3 Å². The SMILES string of the molecule is O=c1cc(CSc2nnc(-c3cccc(Br)c3)o2)c2cc(Cl)c(O)cc2o1. The summed E-state index contributed by atoms with van der Waals surface area (Å²) >= 11 is 10.7. The Morgan fingerprint density at radius 2 is 2.00 bits per heavy atom. The molecule has 2 aromatic carbocycles. The van der Waals surface area contributed by atoms with Crippen molar-refractivity contribution in [2.24, 2.45) is 0 Å². The lowest BCUT2D eigenvalue weighted by Crippen LogP contribution is -2.00. The van der Waals surface area contributed by atoms with Crippen LogP contribution in [0.3, 0.4) is 0 Å². The molecule has 0 spiro atoms. The molecule has 136 valence electrons. The highest BCUT2D eigenvalue weighted by Gasteiger charge is 2.13. The summed E-state index contributed by atoms with van der Waals surface area (Å²) in [6, 6.07) is 11.8. The maximum absolute atomic E-state index is 11.8. The number of hydrogen-bond acceptors (Lipinski definition) is 7. The summed E-state index contributed by atoms with van der Waals surface area (Å²) in [4.78, 5) is 11.8. The summed E-state index contributed by atoms with van der Waals surface area (Å²) in [5, 5.41) is 19.0. The van der Waals surface area contributed by atoms with Gasteiger partial charge in [-0.3, -0.25) is 0 Å². The second kappa shape index (κ2) is 7.38. The number of rotatable bonds is 4. The lowest BCUT2D eigenvalue weighted by atomic mass is 10.1. The Kier molecular flexibility index (Phi) is 4.94. The summed E-state index contributed by atoms with van der Waals surface area (Å²) in [6.07, 6.45) is 0. The largest absolute Gasteiger partial charge is 0.506 e. The van der Waals surface area contributed by atoms with Crippen LogP contribution in [-0.4, -0.2) is 15.3 Å². The third-order valence-corrected chi connectivity index (χ3v) is 5.39. The Hall–Kier alpha value is -2.29. The van der Waals surface area contributed by atoms with Crippen molar-refractivity contribution >= 4 is 50.3 Å². The summed E-state index contributed by atoms with van der Waals surface area (Å²) in [6.45, 7) is 0. The molecular formula is C18H10BrClN2O4S. The zero-order valence-electron chi connectivity index (χ0n) is 13.5. The van der Waals surface area contributed by atoms with Gasteiger partial charge in [-0.05, 0) is 29.8 Å². The molecule has 0 atom stereocenters. The molecule has 0 radical (unpaired) electrons. The van der Waals surface area contributed by atoms with Crippen molar-refractivity contribution in [2.75, 3.05) is 0 Å². The second-order valence-electron chi connectivity index (χ2n) is 5.56. The van der Waals surface area contributed by atoms with E-state index in [4.69, 9.17) is 20.4 Å². The third kappa shape index (κ3) is 3.87. The number of thioether (sulfide) groups is 1. The molecule has 1 N–H and O–H groups in total. The van der Waals surface area contributed by atoms with E-state index in [1.54, 1.807) is 6.07 Å². The van der Waals surface area contributed by atoms with E-state index in [1.165, 1.54) is 23.9 Å². The topological polar surface area (TPSA) is 89.4 Å². The van der Waals surface area contributed by atoms with Gasteiger partial charge in [0.25, 0.3) is 5.22 Å². The number of phenolic OH excluding ortho intramolecular Hbond substituents is 1. The van der Waals surface area contributed by atoms with Crippen molar-refractivity contribution in [3.63, 3.8) is 0 Å². The molecule has 2 aromatic heterocycles. The minimum atomic E-state index is -0.514. The Balaban J connectivity index is 1.61. The van der Waals surface area contributed by atoms with Crippen LogP contribution in [0.4, 0.5) is 0 Å². The van der Waals surface area contributed by atoms with Gasteiger partial charge in [0, 0.05) is 33.3 Å². The molecule has 0 fully saturated rings. The van der Waals surface area contributed by atoms with Crippen LogP contribution in [0.15, 0.2) is 65.8 Å². The number of benzene rings is 2. The summed E-state index contributed by atoms with van der Waals surface area (Å²) in [5.74, 6) is 0.653. The fourth-order valence-corrected chi connectivity index (χ4v) is 3.82. The first-order valence-electron chi connectivity index (χ1n) is 7.67. The van der Waals surface area contributed by atoms with Crippen LogP contribution in [0.25, 0.3) is 22.4 Å². The fraction of sp³-hybridized carbons (Fsp3) is 0.0556. The quantitative estimate of drug-likeness (QED) is 0.325. The fourth-order valence-electron chi connectivity index (χ4n) is 2.50. The van der Waals surface area contributed by atoms with Gasteiger partial charge in [-0.2, -0.15) is 0 Å². The van der Waals surface area contributed by atoms with Crippen molar-refractivity contribution < 1.29 is 13.9 Å². The van der Waals surface area contributed by atoms with Gasteiger partial charge in [0.15, 0.2) is 0 Å². The Bertz CT molecular complexity index is 1210. The van der Waals surface area contributed by atoms with Gasteiger partial charge >= 0.3 is 5.63 Å². The summed E-state index contributed by atoms with van der Waals surface area (Å²) < 4.78 is 11.7. The average molecular weight is 466 g/mol. The molecule has 0 aliphatic heterocycles. The van der Waals surface area contributed by atoms with E-state index in [9.17, 15) is 9.90 Å². The first-order chi connectivity index (χ1) is 13.0. The molecule has 0 unspecified atom stereocenters. The van der Waals surface area contributed by atoms with Gasteiger partial charge in [0.1, 0.15) is 11.3 Å². The van der Waals surface area contributed by atoms with Crippen LogP contribution in [0.5, 0.6) is 5.75 Å². The van der Waals surface area contributed by atoms with E-state index in [-0.39, 0.29) is 16.4 Å². The first-order valence-corrected chi connectivity index (χ1v) is 9.83. The highest BCUT2D eigenvalue weighted by molar-refractivity contribution is 9.10. The first kappa shape index (κ1) is 18.1. The monoisotopic (exact) mass is 464 g/mol. The molecule has 6 nitrogen and oxygen atoms in total. The smallest absolute Gasteiger partial charge is 0.336 e. The van der Waals surface area contributed by atoms with Crippen molar-refractivity contribution in [3.8, 4) is 17.2 Å². The molecule has 0 aliphatic rings. The summed E-state index contributed by atoms with van der Waals surface area (Å²) in [7, 11) is 0. The predicted molar refractivity (Wildman–Crippen MR) is 106 cm³/mol. The molecule has 0 saturated heterocycles. The minimum absolute atomic E-state index is 0.146. The van der Waals surface area contributed by atoms with Crippen LogP contribution in [-0.2, 0) is 5.75 Å². The van der Waals surface area contributed by atoms with Crippen molar-refractivity contribution in [3.05, 3.63) is 67.9 Å². The minimum Gasteiger partial charge on any atom is -0.506 e. The number of aromatic nitrogens is 2. The van der Waals surface area contributed by atoms with Crippen molar-refractivity contribution in [2.45, 2.75) is 11.0 Å². The van der Waals surface area contributed by atoms with Crippen molar-refractivity contribution in [1.29, 1.82) is 0 Å². The maximum atomic E-state index is 11.8. The standard InChI is InChI=1S/C18H10BrClN2O4S/c19-11-3-1-2-9(4-11)17-21-22-18(26-17)27-8-10-5-16(24)25-15-7-14(23)13(20)6-12(10)15/h1-7,23H,8H2. The van der Waals surface area contributed by atoms with Crippen LogP contribution in [0, 0.1) is 0 Å². The van der Waals surface area contributed by atoms with Crippen LogP contribution in [0.1, 0.15) is 5.56 Å². The second-order valence-corrected chi connectivity index (χ2v) is 7.81. The molecule has 0 saturated carbocycles. The molecule has 9 heteroatoms. The lowest BCUT2D eigenvalue weighted by Gasteiger charge is -2.05. The van der Waals surface area contributed by atoms with E-state index >= 15 is 0 Å². The van der Waals surface area contributed by atoms with Gasteiger partial charge in [-0.1, -0.05) is 45.4 Å². The normalized spacial score (nSPS) is 11.2. The zero-order valence-corrected chi connectivity index (χ0v) is 16.6. The molecule has 4 aromatic rings. The van der Waals surface area contributed by atoms with Gasteiger partial charge in [0.2, 0.25) is 5.89 Å². The van der Waals surface area contributed by atoms with Crippen LogP contribution in [0.2, 0.25) is 5.02 Å². The van der Waals surface area contributed by atoms with Gasteiger partial charge in [-0.15, -0.1) is 10.2 Å². The van der Waals surface area contributed by atoms with E-state index in [0.29, 0.717) is 27.8 Å². The number of halogens is 2. The molecule has 0 bridgehead atoms. The number of nitrogens with zero attached hydrogens (tertiary/aromatic N) is 2. The van der Waals surface area contributed by atoms with E-state index in [2.05, 4.69) is 26.1 Å². The third-order valence-electron chi connectivity index (χ3n) is 3.73. The molecule has 27 heavy (non-hydrogen) atoms. The van der Waals surface area contributed by atoms with E-state index in [0.717, 1.165) is 10.0 Å². The highest BCUT2D eigenvalue weighted by atomic mass is 79.9. The highest BCUT2D eigenvalue weighted by Crippen LogP contribution is 2.33. The molecule has 2 heterocycles. The zero-order chi connectivity index (χ0) is 19.0. The Morgan fingerprint density at radius 3 is 2.81 bits per heavy atom. The number of phenols is 1. The van der Waals surface area contributed by atoms with Gasteiger partial charge in [-0.25, -0.2) is 4.79 Å². The van der Waals surface area contributed by atoms with Crippen molar-refractivity contribution in [1.82, 2.24) is 10.2 Å². The Labute approximate surface area is 170 Å². The van der Waals surface area contributed by atoms with Crippen LogP contribution < -0.4 is 5.63 Å². The van der Waals surface area contributed by atoms with E-state index < -0.39 is 5.63 Å². The molecule has 0 aliphatic carbocycles. The molecule has 0 amide bonds. The van der Waals surface area contributed by atoms with E-state index in [1.807, 2.05) is 24.3 Å². The van der Waals surface area contributed by atoms with Gasteiger partial charge < -0.3 is 13.9 Å². The van der Waals surface area contributed by atoms with Gasteiger partial charge in [0.05, 0.1) is 5.02 Å². The molecular weight excluding hydrogens is 456 g/mol. The Morgan fingerprint density at radius 1 is 1.15 bits per heavy atom. The average Bonchev–Trinajstić information content (AvgIpc) is 3.10. The lowest BCUT2D eigenvalue weighted by molar-refractivity contribution is 0.465. The predicted octanol–water partition coefficient (Wildman–Crippen LogP) is 5.26. The number of fused-ring (bicyclic) bond motifs is 1.